The SMILES string of the molecule is Cn1cc(S(=O)[O-])cc(C#N)c1=O. The van der Waals surface area contributed by atoms with Gasteiger partial charge in [0.1, 0.15) is 11.6 Å². The average molecular weight is 197 g/mol. The zero-order valence-corrected chi connectivity index (χ0v) is 7.50. The molecule has 1 atom stereocenters. The minimum Gasteiger partial charge on any atom is -0.768 e. The van der Waals surface area contributed by atoms with Gasteiger partial charge in [-0.25, -0.2) is 0 Å². The normalized spacial score (nSPS) is 12.1. The molecular formula is C7H5N2O3S-. The Morgan fingerprint density at radius 1 is 1.69 bits per heavy atom. The number of aromatic nitrogens is 1. The number of hydrogen-bond acceptors (Lipinski definition) is 4. The standard InChI is InChI=1S/C7H6N2O3S/c1-9-4-6(13(11)12)2-5(3-8)7(9)10/h2,4H,1H3,(H,11,12)/p-1. The van der Waals surface area contributed by atoms with Crippen LogP contribution in [-0.4, -0.2) is 13.3 Å². The Morgan fingerprint density at radius 3 is 2.77 bits per heavy atom. The fourth-order valence-electron chi connectivity index (χ4n) is 0.852. The van der Waals surface area contributed by atoms with Crippen LogP contribution in [0.2, 0.25) is 0 Å². The van der Waals surface area contributed by atoms with E-state index in [0.29, 0.717) is 0 Å². The zero-order valence-electron chi connectivity index (χ0n) is 6.68. The van der Waals surface area contributed by atoms with Crippen LogP contribution in [0.15, 0.2) is 22.0 Å². The Balaban J connectivity index is 3.50. The summed E-state index contributed by atoms with van der Waals surface area (Å²) in [5, 5.41) is 8.48. The molecule has 6 heteroatoms. The highest BCUT2D eigenvalue weighted by Gasteiger charge is 2.03. The number of rotatable bonds is 1. The van der Waals surface area contributed by atoms with Gasteiger partial charge in [-0.15, -0.1) is 0 Å². The second-order valence-electron chi connectivity index (χ2n) is 2.35. The van der Waals surface area contributed by atoms with Crippen molar-refractivity contribution in [3.8, 4) is 6.07 Å². The van der Waals surface area contributed by atoms with Gasteiger partial charge in [-0.2, -0.15) is 5.26 Å². The lowest BCUT2D eigenvalue weighted by molar-refractivity contribution is 0.535. The highest BCUT2D eigenvalue weighted by molar-refractivity contribution is 7.79. The zero-order chi connectivity index (χ0) is 10.0. The Morgan fingerprint density at radius 2 is 2.31 bits per heavy atom. The minimum atomic E-state index is -2.42. The largest absolute Gasteiger partial charge is 0.768 e. The topological polar surface area (TPSA) is 85.9 Å². The van der Waals surface area contributed by atoms with E-state index in [9.17, 15) is 13.6 Å². The first-order valence-electron chi connectivity index (χ1n) is 3.26. The van der Waals surface area contributed by atoms with Crippen molar-refractivity contribution in [2.75, 3.05) is 0 Å². The number of hydrogen-bond donors (Lipinski definition) is 0. The molecule has 0 aliphatic heterocycles. The van der Waals surface area contributed by atoms with Gasteiger partial charge in [-0.3, -0.25) is 9.00 Å². The molecule has 5 nitrogen and oxygen atoms in total. The van der Waals surface area contributed by atoms with Crippen molar-refractivity contribution in [2.45, 2.75) is 4.90 Å². The van der Waals surface area contributed by atoms with Gasteiger partial charge < -0.3 is 9.12 Å². The van der Waals surface area contributed by atoms with Crippen LogP contribution in [0.3, 0.4) is 0 Å². The summed E-state index contributed by atoms with van der Waals surface area (Å²) in [6, 6.07) is 2.67. The van der Waals surface area contributed by atoms with Crippen molar-refractivity contribution >= 4 is 11.1 Å². The lowest BCUT2D eigenvalue weighted by Crippen LogP contribution is -2.19. The second-order valence-corrected chi connectivity index (χ2v) is 3.29. The third kappa shape index (κ3) is 1.83. The third-order valence-corrected chi connectivity index (χ3v) is 2.08. The molecule has 68 valence electrons. The van der Waals surface area contributed by atoms with Gasteiger partial charge in [0.25, 0.3) is 5.56 Å². The van der Waals surface area contributed by atoms with Gasteiger partial charge in [0.15, 0.2) is 0 Å². The van der Waals surface area contributed by atoms with E-state index in [4.69, 9.17) is 5.26 Å². The Bertz CT molecular complexity index is 458. The lowest BCUT2D eigenvalue weighted by atomic mass is 10.3. The summed E-state index contributed by atoms with van der Waals surface area (Å²) < 4.78 is 22.1. The molecule has 0 amide bonds. The summed E-state index contributed by atoms with van der Waals surface area (Å²) in [5.41, 5.74) is -0.680. The fourth-order valence-corrected chi connectivity index (χ4v) is 1.31. The predicted octanol–water partition coefficient (Wildman–Crippen LogP) is -0.505. The van der Waals surface area contributed by atoms with E-state index in [1.807, 2.05) is 0 Å². The van der Waals surface area contributed by atoms with Crippen molar-refractivity contribution in [1.82, 2.24) is 4.57 Å². The number of aryl methyl sites for hydroxylation is 1. The minimum absolute atomic E-state index is 0.0707. The molecule has 0 N–H and O–H groups in total. The first-order valence-corrected chi connectivity index (χ1v) is 4.34. The van der Waals surface area contributed by atoms with Crippen LogP contribution in [-0.2, 0) is 18.1 Å². The van der Waals surface area contributed by atoms with Gasteiger partial charge in [0.2, 0.25) is 0 Å². The third-order valence-electron chi connectivity index (χ3n) is 1.47. The first kappa shape index (κ1) is 9.64. The predicted molar refractivity (Wildman–Crippen MR) is 43.6 cm³/mol. The number of pyridine rings is 1. The smallest absolute Gasteiger partial charge is 0.268 e. The molecule has 0 bridgehead atoms. The highest BCUT2D eigenvalue weighted by Crippen LogP contribution is 2.02. The Labute approximate surface area is 76.5 Å². The van der Waals surface area contributed by atoms with Crippen LogP contribution in [0.25, 0.3) is 0 Å². The molecule has 0 fully saturated rings. The molecule has 0 saturated carbocycles. The maximum atomic E-state index is 11.1. The summed E-state index contributed by atoms with van der Waals surface area (Å²) in [6.45, 7) is 0. The molecule has 1 heterocycles. The average Bonchev–Trinajstić information content (AvgIpc) is 2.09. The van der Waals surface area contributed by atoms with Crippen LogP contribution >= 0.6 is 0 Å². The number of nitrogens with zero attached hydrogens (tertiary/aromatic N) is 2. The van der Waals surface area contributed by atoms with Crippen molar-refractivity contribution in [2.24, 2.45) is 7.05 Å². The van der Waals surface area contributed by atoms with Crippen molar-refractivity contribution in [3.63, 3.8) is 0 Å². The van der Waals surface area contributed by atoms with Gasteiger partial charge in [-0.1, -0.05) is 0 Å². The Kier molecular flexibility index (Phi) is 2.60. The van der Waals surface area contributed by atoms with Crippen LogP contribution in [0, 0.1) is 11.3 Å². The van der Waals surface area contributed by atoms with Crippen molar-refractivity contribution < 1.29 is 8.76 Å². The van der Waals surface area contributed by atoms with E-state index in [1.165, 1.54) is 7.05 Å². The summed E-state index contributed by atoms with van der Waals surface area (Å²) in [7, 11) is 1.39. The summed E-state index contributed by atoms with van der Waals surface area (Å²) in [5.74, 6) is 0. The van der Waals surface area contributed by atoms with E-state index < -0.39 is 16.6 Å². The molecule has 13 heavy (non-hydrogen) atoms. The molecule has 0 radical (unpaired) electrons. The van der Waals surface area contributed by atoms with E-state index in [-0.39, 0.29) is 10.5 Å². The van der Waals surface area contributed by atoms with Crippen LogP contribution in [0.1, 0.15) is 5.56 Å². The van der Waals surface area contributed by atoms with Crippen LogP contribution in [0.5, 0.6) is 0 Å². The van der Waals surface area contributed by atoms with Gasteiger partial charge in [0, 0.05) is 18.1 Å². The Hall–Kier alpha value is -1.45. The molecular weight excluding hydrogens is 192 g/mol. The van der Waals surface area contributed by atoms with Gasteiger partial charge >= 0.3 is 0 Å². The molecule has 1 unspecified atom stereocenters. The second kappa shape index (κ2) is 3.51. The molecule has 0 spiro atoms. The van der Waals surface area contributed by atoms with E-state index >= 15 is 0 Å². The summed E-state index contributed by atoms with van der Waals surface area (Å²) in [6.07, 6.45) is 1.16. The molecule has 0 aliphatic carbocycles. The lowest BCUT2D eigenvalue weighted by Gasteiger charge is -2.06. The quantitative estimate of drug-likeness (QED) is 0.567. The highest BCUT2D eigenvalue weighted by atomic mass is 32.2. The first-order chi connectivity index (χ1) is 6.06. The molecule has 1 aromatic rings. The van der Waals surface area contributed by atoms with E-state index in [1.54, 1.807) is 6.07 Å². The van der Waals surface area contributed by atoms with Crippen molar-refractivity contribution in [1.29, 1.82) is 5.26 Å². The molecule has 0 saturated heterocycles. The van der Waals surface area contributed by atoms with Gasteiger partial charge in [-0.05, 0) is 17.1 Å². The fraction of sp³-hybridized carbons (Fsp3) is 0.143. The van der Waals surface area contributed by atoms with Gasteiger partial charge in [0.05, 0.1) is 0 Å². The maximum Gasteiger partial charge on any atom is 0.268 e. The number of nitriles is 1. The summed E-state index contributed by atoms with van der Waals surface area (Å²) in [4.78, 5) is 11.0. The van der Waals surface area contributed by atoms with Crippen LogP contribution in [0.4, 0.5) is 0 Å². The molecule has 0 aromatic carbocycles. The molecule has 1 aromatic heterocycles. The van der Waals surface area contributed by atoms with E-state index in [2.05, 4.69) is 0 Å². The molecule has 1 rings (SSSR count). The molecule has 0 aliphatic rings. The summed E-state index contributed by atoms with van der Waals surface area (Å²) >= 11 is -2.42. The maximum absolute atomic E-state index is 11.1. The monoisotopic (exact) mass is 197 g/mol. The van der Waals surface area contributed by atoms with Crippen molar-refractivity contribution in [3.05, 3.63) is 28.2 Å². The van der Waals surface area contributed by atoms with E-state index in [0.717, 1.165) is 16.8 Å². The van der Waals surface area contributed by atoms with Crippen LogP contribution < -0.4 is 5.56 Å².